The van der Waals surface area contributed by atoms with Crippen molar-refractivity contribution < 1.29 is 14.3 Å². The molecule has 0 spiro atoms. The van der Waals surface area contributed by atoms with Gasteiger partial charge in [-0.1, -0.05) is 48.0 Å². The number of hydrogen-bond acceptors (Lipinski definition) is 3. The topological polar surface area (TPSA) is 71.2 Å². The van der Waals surface area contributed by atoms with Crippen molar-refractivity contribution in [2.24, 2.45) is 0 Å². The van der Waals surface area contributed by atoms with Crippen molar-refractivity contribution in [1.29, 1.82) is 0 Å². The van der Waals surface area contributed by atoms with Crippen LogP contribution in [-0.4, -0.2) is 23.0 Å². The third-order valence-corrected chi connectivity index (χ3v) is 4.24. The second kappa shape index (κ2) is 7.40. The number of esters is 1. The molecule has 5 nitrogen and oxygen atoms in total. The Kier molecular flexibility index (Phi) is 5.05. The lowest BCUT2D eigenvalue weighted by molar-refractivity contribution is -0.129. The van der Waals surface area contributed by atoms with Crippen molar-refractivity contribution in [2.75, 3.05) is 0 Å². The molecular formula is C19H17ClN2O3. The van der Waals surface area contributed by atoms with Gasteiger partial charge in [0.05, 0.1) is 5.56 Å². The van der Waals surface area contributed by atoms with Crippen molar-refractivity contribution in [3.8, 4) is 0 Å². The predicted octanol–water partition coefficient (Wildman–Crippen LogP) is 3.68. The van der Waals surface area contributed by atoms with E-state index in [1.807, 2.05) is 42.5 Å². The maximum Gasteiger partial charge on any atom is 0.341 e. The number of para-hydroxylation sites is 1. The summed E-state index contributed by atoms with van der Waals surface area (Å²) >= 11 is 6.05. The Morgan fingerprint density at radius 2 is 1.88 bits per heavy atom. The van der Waals surface area contributed by atoms with Crippen molar-refractivity contribution in [3.63, 3.8) is 0 Å². The highest BCUT2D eigenvalue weighted by Crippen LogP contribution is 2.19. The fourth-order valence-electron chi connectivity index (χ4n) is 2.49. The molecule has 0 aliphatic rings. The minimum absolute atomic E-state index is 0.271. The van der Waals surface area contributed by atoms with Crippen molar-refractivity contribution in [1.82, 2.24) is 10.3 Å². The van der Waals surface area contributed by atoms with Crippen LogP contribution in [0.25, 0.3) is 10.9 Å². The van der Waals surface area contributed by atoms with Crippen LogP contribution in [0.1, 0.15) is 22.8 Å². The van der Waals surface area contributed by atoms with E-state index in [0.29, 0.717) is 10.6 Å². The first kappa shape index (κ1) is 17.0. The summed E-state index contributed by atoms with van der Waals surface area (Å²) in [5.41, 5.74) is 2.04. The van der Waals surface area contributed by atoms with Crippen LogP contribution in [0.5, 0.6) is 0 Å². The van der Waals surface area contributed by atoms with E-state index in [1.54, 1.807) is 12.3 Å². The molecule has 1 heterocycles. The number of amides is 1. The molecule has 1 aromatic heterocycles. The van der Waals surface area contributed by atoms with Gasteiger partial charge in [-0.05, 0) is 24.6 Å². The zero-order chi connectivity index (χ0) is 17.8. The summed E-state index contributed by atoms with van der Waals surface area (Å²) < 4.78 is 5.28. The highest BCUT2D eigenvalue weighted by molar-refractivity contribution is 6.31. The van der Waals surface area contributed by atoms with Gasteiger partial charge in [0, 0.05) is 28.7 Å². The lowest BCUT2D eigenvalue weighted by Gasteiger charge is -2.13. The van der Waals surface area contributed by atoms with Gasteiger partial charge in [-0.3, -0.25) is 4.79 Å². The molecule has 0 radical (unpaired) electrons. The van der Waals surface area contributed by atoms with Crippen molar-refractivity contribution in [3.05, 3.63) is 70.9 Å². The fourth-order valence-corrected chi connectivity index (χ4v) is 2.69. The number of fused-ring (bicyclic) bond motifs is 1. The molecule has 3 aromatic rings. The average molecular weight is 357 g/mol. The summed E-state index contributed by atoms with van der Waals surface area (Å²) in [5.74, 6) is -0.925. The Bertz CT molecular complexity index is 920. The summed E-state index contributed by atoms with van der Waals surface area (Å²) in [5, 5.41) is 4.05. The Labute approximate surface area is 149 Å². The number of halogens is 1. The predicted molar refractivity (Wildman–Crippen MR) is 96.5 cm³/mol. The number of hydrogen-bond donors (Lipinski definition) is 2. The molecule has 0 bridgehead atoms. The normalized spacial score (nSPS) is 11.9. The molecule has 2 aromatic carbocycles. The number of benzene rings is 2. The largest absolute Gasteiger partial charge is 0.449 e. The molecule has 0 unspecified atom stereocenters. The van der Waals surface area contributed by atoms with Crippen LogP contribution in [0.15, 0.2) is 54.7 Å². The second-order valence-electron chi connectivity index (χ2n) is 5.60. The zero-order valence-electron chi connectivity index (χ0n) is 13.6. The summed E-state index contributed by atoms with van der Waals surface area (Å²) in [4.78, 5) is 27.5. The third kappa shape index (κ3) is 3.83. The van der Waals surface area contributed by atoms with E-state index in [-0.39, 0.29) is 12.5 Å². The van der Waals surface area contributed by atoms with E-state index in [0.717, 1.165) is 16.5 Å². The number of rotatable bonds is 5. The Morgan fingerprint density at radius 1 is 1.16 bits per heavy atom. The van der Waals surface area contributed by atoms with E-state index >= 15 is 0 Å². The smallest absolute Gasteiger partial charge is 0.341 e. The lowest BCUT2D eigenvalue weighted by atomic mass is 10.2. The summed E-state index contributed by atoms with van der Waals surface area (Å²) in [6, 6.07) is 14.6. The van der Waals surface area contributed by atoms with Crippen molar-refractivity contribution in [2.45, 2.75) is 19.6 Å². The standard InChI is InChI=1S/C19H17ClN2O3/c1-12(18(23)22-10-13-6-2-4-8-16(13)20)25-19(24)15-11-21-17-9-5-3-7-14(15)17/h2-9,11-12,21H,10H2,1H3,(H,22,23)/t12-/m0/s1. The van der Waals surface area contributed by atoms with Crippen LogP contribution in [0.4, 0.5) is 0 Å². The van der Waals surface area contributed by atoms with Crippen LogP contribution in [-0.2, 0) is 16.1 Å². The van der Waals surface area contributed by atoms with Gasteiger partial charge in [-0.2, -0.15) is 0 Å². The van der Waals surface area contributed by atoms with E-state index in [9.17, 15) is 9.59 Å². The van der Waals surface area contributed by atoms with Gasteiger partial charge in [-0.15, -0.1) is 0 Å². The number of aromatic nitrogens is 1. The molecule has 2 N–H and O–H groups in total. The molecular weight excluding hydrogens is 340 g/mol. The maximum atomic E-state index is 12.3. The average Bonchev–Trinajstić information content (AvgIpc) is 3.05. The molecule has 128 valence electrons. The fraction of sp³-hybridized carbons (Fsp3) is 0.158. The van der Waals surface area contributed by atoms with E-state index in [1.165, 1.54) is 6.92 Å². The SMILES string of the molecule is C[C@H](OC(=O)c1c[nH]c2ccccc12)C(=O)NCc1ccccc1Cl. The zero-order valence-corrected chi connectivity index (χ0v) is 14.3. The van der Waals surface area contributed by atoms with Crippen molar-refractivity contribution >= 4 is 34.4 Å². The van der Waals surface area contributed by atoms with Crippen LogP contribution in [0.2, 0.25) is 5.02 Å². The van der Waals surface area contributed by atoms with Gasteiger partial charge >= 0.3 is 5.97 Å². The van der Waals surface area contributed by atoms with Gasteiger partial charge in [0.1, 0.15) is 0 Å². The Hall–Kier alpha value is -2.79. The highest BCUT2D eigenvalue weighted by atomic mass is 35.5. The molecule has 0 aliphatic carbocycles. The Morgan fingerprint density at radius 3 is 2.68 bits per heavy atom. The molecule has 1 amide bonds. The molecule has 25 heavy (non-hydrogen) atoms. The molecule has 0 aliphatic heterocycles. The molecule has 6 heteroatoms. The molecule has 1 atom stereocenters. The number of H-pyrrole nitrogens is 1. The summed E-state index contributed by atoms with van der Waals surface area (Å²) in [6.07, 6.45) is 0.671. The molecule has 3 rings (SSSR count). The Balaban J connectivity index is 1.61. The van der Waals surface area contributed by atoms with Gasteiger partial charge in [0.2, 0.25) is 0 Å². The minimum atomic E-state index is -0.913. The minimum Gasteiger partial charge on any atom is -0.449 e. The monoisotopic (exact) mass is 356 g/mol. The first-order chi connectivity index (χ1) is 12.1. The number of aromatic amines is 1. The first-order valence-corrected chi connectivity index (χ1v) is 8.22. The third-order valence-electron chi connectivity index (χ3n) is 3.87. The van der Waals surface area contributed by atoms with Crippen LogP contribution in [0.3, 0.4) is 0 Å². The van der Waals surface area contributed by atoms with Crippen LogP contribution < -0.4 is 5.32 Å². The van der Waals surface area contributed by atoms with Crippen LogP contribution in [0, 0.1) is 0 Å². The quantitative estimate of drug-likeness (QED) is 0.685. The van der Waals surface area contributed by atoms with E-state index < -0.39 is 12.1 Å². The van der Waals surface area contributed by atoms with Gasteiger partial charge in [-0.25, -0.2) is 4.79 Å². The summed E-state index contributed by atoms with van der Waals surface area (Å²) in [6.45, 7) is 1.81. The second-order valence-corrected chi connectivity index (χ2v) is 6.01. The van der Waals surface area contributed by atoms with Crippen LogP contribution >= 0.6 is 11.6 Å². The lowest BCUT2D eigenvalue weighted by Crippen LogP contribution is -2.35. The highest BCUT2D eigenvalue weighted by Gasteiger charge is 2.21. The van der Waals surface area contributed by atoms with Gasteiger partial charge in [0.25, 0.3) is 5.91 Å². The van der Waals surface area contributed by atoms with E-state index in [2.05, 4.69) is 10.3 Å². The number of ether oxygens (including phenoxy) is 1. The first-order valence-electron chi connectivity index (χ1n) is 7.84. The van der Waals surface area contributed by atoms with E-state index in [4.69, 9.17) is 16.3 Å². The van der Waals surface area contributed by atoms with Gasteiger partial charge in [0.15, 0.2) is 6.10 Å². The molecule has 0 fully saturated rings. The molecule has 0 saturated carbocycles. The molecule has 0 saturated heterocycles. The summed E-state index contributed by atoms with van der Waals surface area (Å²) in [7, 11) is 0. The maximum absolute atomic E-state index is 12.3. The van der Waals surface area contributed by atoms with Gasteiger partial charge < -0.3 is 15.0 Å². The number of carbonyl (C=O) groups excluding carboxylic acids is 2. The number of nitrogens with one attached hydrogen (secondary N) is 2. The number of carbonyl (C=O) groups is 2.